The van der Waals surface area contributed by atoms with E-state index >= 15 is 0 Å². The summed E-state index contributed by atoms with van der Waals surface area (Å²) >= 11 is 0. The van der Waals surface area contributed by atoms with Crippen LogP contribution in [-0.2, 0) is 0 Å². The second-order valence-electron chi connectivity index (χ2n) is 9.19. The van der Waals surface area contributed by atoms with Gasteiger partial charge in [0, 0.05) is 54.8 Å². The van der Waals surface area contributed by atoms with Crippen LogP contribution in [0.25, 0.3) is 28.0 Å². The molecule has 5 heteroatoms. The molecule has 0 radical (unpaired) electrons. The Labute approximate surface area is 198 Å². The number of hydrogen-bond acceptors (Lipinski definition) is 3. The van der Waals surface area contributed by atoms with E-state index in [-0.39, 0.29) is 5.82 Å². The van der Waals surface area contributed by atoms with Crippen LogP contribution in [0.5, 0.6) is 5.75 Å². The predicted octanol–water partition coefficient (Wildman–Crippen LogP) is 6.23. The molecule has 170 valence electrons. The van der Waals surface area contributed by atoms with Crippen LogP contribution in [0, 0.1) is 5.82 Å². The van der Waals surface area contributed by atoms with Crippen LogP contribution in [-0.4, -0.2) is 39.1 Å². The predicted molar refractivity (Wildman–Crippen MR) is 133 cm³/mol. The third-order valence-corrected chi connectivity index (χ3v) is 7.22. The van der Waals surface area contributed by atoms with Crippen molar-refractivity contribution in [2.24, 2.45) is 0 Å². The molecular formula is C29H26FN3O. The number of pyridine rings is 1. The van der Waals surface area contributed by atoms with E-state index < -0.39 is 0 Å². The Morgan fingerprint density at radius 2 is 1.76 bits per heavy atom. The molecule has 1 fully saturated rings. The number of aromatic nitrogens is 2. The number of H-pyrrole nitrogens is 1. The summed E-state index contributed by atoms with van der Waals surface area (Å²) in [6, 6.07) is 18.8. The van der Waals surface area contributed by atoms with E-state index in [1.165, 1.54) is 23.3 Å². The highest BCUT2D eigenvalue weighted by Gasteiger charge is 2.35. The zero-order chi connectivity index (χ0) is 23.1. The first-order valence-corrected chi connectivity index (χ1v) is 11.8. The van der Waals surface area contributed by atoms with E-state index in [1.54, 1.807) is 6.07 Å². The molecular weight excluding hydrogens is 425 g/mol. The van der Waals surface area contributed by atoms with Gasteiger partial charge >= 0.3 is 0 Å². The van der Waals surface area contributed by atoms with Gasteiger partial charge in [0.2, 0.25) is 0 Å². The fourth-order valence-electron chi connectivity index (χ4n) is 5.57. The number of hydrogen-bond donors (Lipinski definition) is 2. The number of para-hydroxylation sites is 1. The van der Waals surface area contributed by atoms with Gasteiger partial charge < -0.3 is 10.1 Å². The molecule has 0 aliphatic carbocycles. The van der Waals surface area contributed by atoms with Crippen molar-refractivity contribution >= 4 is 5.57 Å². The molecule has 0 unspecified atom stereocenters. The maximum atomic E-state index is 13.6. The number of rotatable bonds is 4. The molecule has 4 heterocycles. The first-order valence-electron chi connectivity index (χ1n) is 11.8. The van der Waals surface area contributed by atoms with E-state index in [9.17, 15) is 9.50 Å². The molecule has 0 amide bonds. The molecule has 2 atom stereocenters. The van der Waals surface area contributed by atoms with Gasteiger partial charge in [-0.1, -0.05) is 24.3 Å². The van der Waals surface area contributed by atoms with Gasteiger partial charge in [-0.25, -0.2) is 4.39 Å². The summed E-state index contributed by atoms with van der Waals surface area (Å²) in [5, 5.41) is 10.4. The molecule has 2 aliphatic heterocycles. The van der Waals surface area contributed by atoms with E-state index in [2.05, 4.69) is 27.1 Å². The van der Waals surface area contributed by atoms with Gasteiger partial charge in [0.25, 0.3) is 0 Å². The lowest BCUT2D eigenvalue weighted by atomic mass is 9.90. The van der Waals surface area contributed by atoms with Crippen molar-refractivity contribution in [1.29, 1.82) is 0 Å². The number of nitrogens with zero attached hydrogens (tertiary/aromatic N) is 2. The van der Waals surface area contributed by atoms with E-state index in [0.29, 0.717) is 17.7 Å². The summed E-state index contributed by atoms with van der Waals surface area (Å²) in [6.45, 7) is 1.96. The number of phenols is 1. The van der Waals surface area contributed by atoms with Gasteiger partial charge in [0.15, 0.2) is 0 Å². The van der Waals surface area contributed by atoms with Crippen molar-refractivity contribution < 1.29 is 9.50 Å². The van der Waals surface area contributed by atoms with Crippen LogP contribution in [0.15, 0.2) is 85.3 Å². The first kappa shape index (κ1) is 20.9. The minimum Gasteiger partial charge on any atom is -0.508 e. The average Bonchev–Trinajstić information content (AvgIpc) is 3.49. The third-order valence-electron chi connectivity index (χ3n) is 7.22. The van der Waals surface area contributed by atoms with Gasteiger partial charge in [0.05, 0.1) is 5.69 Å². The molecule has 0 bridgehead atoms. The fourth-order valence-corrected chi connectivity index (χ4v) is 5.57. The number of halogens is 1. The first-order chi connectivity index (χ1) is 16.7. The van der Waals surface area contributed by atoms with Crippen LogP contribution in [0.2, 0.25) is 0 Å². The molecule has 2 aromatic heterocycles. The summed E-state index contributed by atoms with van der Waals surface area (Å²) in [5.41, 5.74) is 7.73. The second kappa shape index (κ2) is 8.58. The average molecular weight is 452 g/mol. The second-order valence-corrected chi connectivity index (χ2v) is 9.19. The van der Waals surface area contributed by atoms with Crippen LogP contribution >= 0.6 is 0 Å². The normalized spacial score (nSPS) is 20.2. The quantitative estimate of drug-likeness (QED) is 0.387. The molecule has 2 N–H and O–H groups in total. The Balaban J connectivity index is 1.38. The third kappa shape index (κ3) is 3.72. The summed E-state index contributed by atoms with van der Waals surface area (Å²) in [6.07, 6.45) is 10.1. The Morgan fingerprint density at radius 3 is 2.56 bits per heavy atom. The molecule has 0 saturated carbocycles. The van der Waals surface area contributed by atoms with Crippen molar-refractivity contribution in [3.8, 4) is 28.1 Å². The van der Waals surface area contributed by atoms with Gasteiger partial charge in [0.1, 0.15) is 11.6 Å². The number of fused-ring (bicyclic) bond motifs is 1. The van der Waals surface area contributed by atoms with Crippen LogP contribution < -0.4 is 0 Å². The lowest BCUT2D eigenvalue weighted by molar-refractivity contribution is 0.285. The van der Waals surface area contributed by atoms with Gasteiger partial charge in [-0.05, 0) is 77.6 Å². The molecule has 6 rings (SSSR count). The summed E-state index contributed by atoms with van der Waals surface area (Å²) in [7, 11) is 0. The fraction of sp³-hybridized carbons (Fsp3) is 0.207. The summed E-state index contributed by atoms with van der Waals surface area (Å²) in [5.74, 6) is 0.491. The van der Waals surface area contributed by atoms with E-state index in [0.717, 1.165) is 53.9 Å². The molecule has 2 aliphatic rings. The molecule has 1 saturated heterocycles. The molecule has 4 aromatic rings. The smallest absolute Gasteiger partial charge is 0.123 e. The molecule has 0 spiro atoms. The Morgan fingerprint density at radius 1 is 0.971 bits per heavy atom. The lowest BCUT2D eigenvalue weighted by Crippen LogP contribution is -2.32. The zero-order valence-electron chi connectivity index (χ0n) is 18.8. The van der Waals surface area contributed by atoms with Gasteiger partial charge in [-0.3, -0.25) is 9.88 Å². The highest BCUT2D eigenvalue weighted by Crippen LogP contribution is 2.43. The number of aromatic hydroxyl groups is 1. The number of aromatic amines is 1. The van der Waals surface area contributed by atoms with Gasteiger partial charge in [-0.2, -0.15) is 0 Å². The van der Waals surface area contributed by atoms with Crippen molar-refractivity contribution in [3.63, 3.8) is 0 Å². The van der Waals surface area contributed by atoms with Crippen molar-refractivity contribution in [2.75, 3.05) is 13.1 Å². The minimum absolute atomic E-state index is 0.240. The molecule has 4 nitrogen and oxygen atoms in total. The Bertz CT molecular complexity index is 1340. The van der Waals surface area contributed by atoms with Crippen molar-refractivity contribution in [2.45, 2.75) is 24.8 Å². The maximum Gasteiger partial charge on any atom is 0.123 e. The summed E-state index contributed by atoms with van der Waals surface area (Å²) < 4.78 is 13.6. The number of nitrogens with one attached hydrogen (secondary N) is 1. The highest BCUT2D eigenvalue weighted by atomic mass is 19.1. The topological polar surface area (TPSA) is 52.1 Å². The molecule has 34 heavy (non-hydrogen) atoms. The largest absolute Gasteiger partial charge is 0.508 e. The van der Waals surface area contributed by atoms with Crippen LogP contribution in [0.4, 0.5) is 4.39 Å². The van der Waals surface area contributed by atoms with Crippen LogP contribution in [0.1, 0.15) is 29.9 Å². The number of phenolic OH excluding ortho intramolecular Hbond substituents is 1. The zero-order valence-corrected chi connectivity index (χ0v) is 18.8. The molecule has 2 aromatic carbocycles. The van der Waals surface area contributed by atoms with Crippen molar-refractivity contribution in [1.82, 2.24) is 14.9 Å². The van der Waals surface area contributed by atoms with E-state index in [1.807, 2.05) is 54.9 Å². The lowest BCUT2D eigenvalue weighted by Gasteiger charge is -2.28. The monoisotopic (exact) mass is 451 g/mol. The van der Waals surface area contributed by atoms with E-state index in [4.69, 9.17) is 0 Å². The Kier molecular flexibility index (Phi) is 5.27. The minimum atomic E-state index is -0.240. The Hall–Kier alpha value is -3.70. The highest BCUT2D eigenvalue weighted by molar-refractivity contribution is 5.91. The van der Waals surface area contributed by atoms with Crippen LogP contribution in [0.3, 0.4) is 0 Å². The standard InChI is InChI=1S/C29H26FN3O/c30-23-7-5-20(6-8-23)29-28(19-9-12-31-13-10-19)26(17-32-29)21-11-14-33-18-22(16-24(33)15-21)25-3-1-2-4-27(25)34/h1-10,12-13,15,17,22,24,32,34H,11,14,16,18H2/t22-,24-/m1/s1. The van der Waals surface area contributed by atoms with Crippen molar-refractivity contribution in [3.05, 3.63) is 102 Å². The maximum absolute atomic E-state index is 13.6. The SMILES string of the molecule is Oc1ccccc1[C@@H]1C[C@H]2C=C(c3c[nH]c(-c4ccc(F)cc4)c3-c3ccncc3)CCN2C1. The summed E-state index contributed by atoms with van der Waals surface area (Å²) in [4.78, 5) is 10.2. The van der Waals surface area contributed by atoms with Gasteiger partial charge in [-0.15, -0.1) is 0 Å². The number of benzene rings is 2.